The molecule has 2 aromatic rings. The monoisotopic (exact) mass is 374 g/mol. The van der Waals surface area contributed by atoms with Crippen LogP contribution in [-0.4, -0.2) is 27.6 Å². The van der Waals surface area contributed by atoms with Gasteiger partial charge in [0.25, 0.3) is 5.91 Å². The van der Waals surface area contributed by atoms with Crippen molar-refractivity contribution < 1.29 is 22.0 Å². The summed E-state index contributed by atoms with van der Waals surface area (Å²) < 4.78 is 50.2. The lowest BCUT2D eigenvalue weighted by Crippen LogP contribution is -2.25. The first-order valence-electron chi connectivity index (χ1n) is 6.59. The molecule has 1 amide bonds. The second-order valence-corrected chi connectivity index (χ2v) is 7.40. The maximum Gasteiger partial charge on any atom is 0.257 e. The van der Waals surface area contributed by atoms with Crippen LogP contribution in [0.2, 0.25) is 5.02 Å². The zero-order valence-electron chi connectivity index (χ0n) is 12.7. The van der Waals surface area contributed by atoms with E-state index < -0.39 is 27.6 Å². The molecular weight excluding hydrogens is 362 g/mol. The van der Waals surface area contributed by atoms with Gasteiger partial charge in [-0.2, -0.15) is 0 Å². The van der Waals surface area contributed by atoms with E-state index in [1.165, 1.54) is 31.3 Å². The van der Waals surface area contributed by atoms with Gasteiger partial charge >= 0.3 is 0 Å². The van der Waals surface area contributed by atoms with E-state index in [2.05, 4.69) is 5.32 Å². The molecule has 1 N–H and O–H groups in total. The van der Waals surface area contributed by atoms with Crippen molar-refractivity contribution in [2.75, 3.05) is 22.9 Å². The van der Waals surface area contributed by atoms with Crippen molar-refractivity contribution in [1.29, 1.82) is 0 Å². The second kappa shape index (κ2) is 6.74. The number of hydrogen-bond donors (Lipinski definition) is 1. The first kappa shape index (κ1) is 18.2. The molecule has 5 nitrogen and oxygen atoms in total. The van der Waals surface area contributed by atoms with Crippen LogP contribution in [0.1, 0.15) is 10.4 Å². The van der Waals surface area contributed by atoms with E-state index in [4.69, 9.17) is 11.6 Å². The fourth-order valence-corrected chi connectivity index (χ4v) is 2.55. The van der Waals surface area contributed by atoms with Crippen LogP contribution in [0, 0.1) is 11.6 Å². The van der Waals surface area contributed by atoms with E-state index in [-0.39, 0.29) is 22.0 Å². The van der Waals surface area contributed by atoms with Crippen molar-refractivity contribution >= 4 is 38.9 Å². The number of amides is 1. The molecule has 0 fully saturated rings. The zero-order chi connectivity index (χ0) is 18.1. The number of nitrogens with one attached hydrogen (secondary N) is 1. The standard InChI is InChI=1S/C15H13ClF2N2O3S/c1-20(24(2,22)23)10-4-5-12(16)11(8-10)15(21)19-9-3-6-13(17)14(18)7-9/h3-8H,1-2H3,(H,19,21). The van der Waals surface area contributed by atoms with Gasteiger partial charge in [-0.25, -0.2) is 17.2 Å². The van der Waals surface area contributed by atoms with Crippen molar-refractivity contribution in [2.24, 2.45) is 0 Å². The molecule has 0 saturated heterocycles. The summed E-state index contributed by atoms with van der Waals surface area (Å²) in [5, 5.41) is 2.46. The number of anilines is 2. The van der Waals surface area contributed by atoms with Crippen molar-refractivity contribution in [2.45, 2.75) is 0 Å². The van der Waals surface area contributed by atoms with Crippen LogP contribution >= 0.6 is 11.6 Å². The molecule has 0 aliphatic carbocycles. The molecular formula is C15H13ClF2N2O3S. The van der Waals surface area contributed by atoms with Crippen molar-refractivity contribution in [3.05, 3.63) is 58.6 Å². The lowest BCUT2D eigenvalue weighted by molar-refractivity contribution is 0.102. The largest absolute Gasteiger partial charge is 0.322 e. The molecule has 0 atom stereocenters. The van der Waals surface area contributed by atoms with Gasteiger partial charge < -0.3 is 5.32 Å². The Balaban J connectivity index is 2.33. The van der Waals surface area contributed by atoms with Crippen LogP contribution in [0.25, 0.3) is 0 Å². The summed E-state index contributed by atoms with van der Waals surface area (Å²) in [6.45, 7) is 0. The SMILES string of the molecule is CN(c1ccc(Cl)c(C(=O)Nc2ccc(F)c(F)c2)c1)S(C)(=O)=O. The van der Waals surface area contributed by atoms with Crippen LogP contribution in [0.5, 0.6) is 0 Å². The van der Waals surface area contributed by atoms with Gasteiger partial charge in [0, 0.05) is 18.8 Å². The average Bonchev–Trinajstić information content (AvgIpc) is 2.49. The van der Waals surface area contributed by atoms with Crippen LogP contribution in [0.4, 0.5) is 20.2 Å². The van der Waals surface area contributed by atoms with Gasteiger partial charge in [0.2, 0.25) is 10.0 Å². The Morgan fingerprint density at radius 2 is 1.79 bits per heavy atom. The lowest BCUT2D eigenvalue weighted by atomic mass is 10.1. The molecule has 0 aliphatic heterocycles. The highest BCUT2D eigenvalue weighted by molar-refractivity contribution is 7.92. The number of carbonyl (C=O) groups excluding carboxylic acids is 1. The van der Waals surface area contributed by atoms with Crippen molar-refractivity contribution in [1.82, 2.24) is 0 Å². The fraction of sp³-hybridized carbons (Fsp3) is 0.133. The molecule has 9 heteroatoms. The van der Waals surface area contributed by atoms with Gasteiger partial charge in [-0.3, -0.25) is 9.10 Å². The molecule has 0 saturated carbocycles. The van der Waals surface area contributed by atoms with E-state index >= 15 is 0 Å². The number of sulfonamides is 1. The predicted molar refractivity (Wildman–Crippen MR) is 89.0 cm³/mol. The molecule has 0 spiro atoms. The Bertz CT molecular complexity index is 904. The lowest BCUT2D eigenvalue weighted by Gasteiger charge is -2.18. The Morgan fingerprint density at radius 3 is 2.38 bits per heavy atom. The molecule has 0 unspecified atom stereocenters. The van der Waals surface area contributed by atoms with Gasteiger partial charge in [0.1, 0.15) is 0 Å². The van der Waals surface area contributed by atoms with Crippen molar-refractivity contribution in [3.63, 3.8) is 0 Å². The minimum atomic E-state index is -3.51. The van der Waals surface area contributed by atoms with Crippen LogP contribution in [0.3, 0.4) is 0 Å². The maximum atomic E-state index is 13.2. The third-order valence-electron chi connectivity index (χ3n) is 3.23. The van der Waals surface area contributed by atoms with E-state index in [0.29, 0.717) is 0 Å². The molecule has 24 heavy (non-hydrogen) atoms. The van der Waals surface area contributed by atoms with Gasteiger partial charge in [0.05, 0.1) is 22.5 Å². The third kappa shape index (κ3) is 4.01. The highest BCUT2D eigenvalue weighted by atomic mass is 35.5. The Hall–Kier alpha value is -2.19. The zero-order valence-corrected chi connectivity index (χ0v) is 14.3. The predicted octanol–water partition coefficient (Wildman–Crippen LogP) is 3.27. The smallest absolute Gasteiger partial charge is 0.257 e. The minimum absolute atomic E-state index is 0.00519. The highest BCUT2D eigenvalue weighted by Gasteiger charge is 2.17. The van der Waals surface area contributed by atoms with Crippen LogP contribution < -0.4 is 9.62 Å². The third-order valence-corrected chi connectivity index (χ3v) is 4.77. The van der Waals surface area contributed by atoms with Crippen LogP contribution in [-0.2, 0) is 10.0 Å². The summed E-state index contributed by atoms with van der Waals surface area (Å²) in [4.78, 5) is 12.3. The number of nitrogens with zero attached hydrogens (tertiary/aromatic N) is 1. The normalized spacial score (nSPS) is 11.2. The molecule has 0 bridgehead atoms. The Morgan fingerprint density at radius 1 is 1.12 bits per heavy atom. The summed E-state index contributed by atoms with van der Waals surface area (Å²) in [6, 6.07) is 7.00. The number of rotatable bonds is 4. The minimum Gasteiger partial charge on any atom is -0.322 e. The average molecular weight is 375 g/mol. The van der Waals surface area contributed by atoms with Gasteiger partial charge in [-0.05, 0) is 30.3 Å². The van der Waals surface area contributed by atoms with E-state index in [1.54, 1.807) is 0 Å². The summed E-state index contributed by atoms with van der Waals surface area (Å²) in [6.07, 6.45) is 1.02. The summed E-state index contributed by atoms with van der Waals surface area (Å²) in [7, 11) is -2.18. The molecule has 2 aromatic carbocycles. The molecule has 0 heterocycles. The summed E-state index contributed by atoms with van der Waals surface area (Å²) in [5.74, 6) is -2.83. The quantitative estimate of drug-likeness (QED) is 0.893. The first-order chi connectivity index (χ1) is 11.1. The molecule has 0 aliphatic rings. The molecule has 0 radical (unpaired) electrons. The van der Waals surface area contributed by atoms with Crippen molar-refractivity contribution in [3.8, 4) is 0 Å². The second-order valence-electron chi connectivity index (χ2n) is 4.98. The molecule has 0 aromatic heterocycles. The van der Waals surface area contributed by atoms with Gasteiger partial charge in [0.15, 0.2) is 11.6 Å². The van der Waals surface area contributed by atoms with Crippen LogP contribution in [0.15, 0.2) is 36.4 Å². The number of carbonyl (C=O) groups is 1. The Kier molecular flexibility index (Phi) is 5.10. The Labute approximate surface area is 142 Å². The van der Waals surface area contributed by atoms with E-state index in [9.17, 15) is 22.0 Å². The maximum absolute atomic E-state index is 13.2. The molecule has 128 valence electrons. The topological polar surface area (TPSA) is 66.5 Å². The highest BCUT2D eigenvalue weighted by Crippen LogP contribution is 2.25. The number of halogens is 3. The van der Waals surface area contributed by atoms with Gasteiger partial charge in [-0.1, -0.05) is 11.6 Å². The fourth-order valence-electron chi connectivity index (χ4n) is 1.85. The number of hydrogen-bond acceptors (Lipinski definition) is 3. The summed E-state index contributed by atoms with van der Waals surface area (Å²) >= 11 is 5.97. The van der Waals surface area contributed by atoms with Gasteiger partial charge in [-0.15, -0.1) is 0 Å². The first-order valence-corrected chi connectivity index (χ1v) is 8.82. The van der Waals surface area contributed by atoms with E-state index in [0.717, 1.165) is 22.7 Å². The number of benzene rings is 2. The van der Waals surface area contributed by atoms with E-state index in [1.807, 2.05) is 0 Å². The summed E-state index contributed by atoms with van der Waals surface area (Å²) in [5.41, 5.74) is 0.267. The molecule has 2 rings (SSSR count).